The molecule has 1 aliphatic heterocycles. The van der Waals surface area contributed by atoms with Crippen LogP contribution in [0.25, 0.3) is 15.9 Å². The number of hydrogen-bond donors (Lipinski definition) is 1. The highest BCUT2D eigenvalue weighted by molar-refractivity contribution is 7.17. The summed E-state index contributed by atoms with van der Waals surface area (Å²) in [6, 6.07) is 10.4. The number of rotatable bonds is 5. The fourth-order valence-corrected chi connectivity index (χ4v) is 4.10. The molecule has 0 aliphatic carbocycles. The van der Waals surface area contributed by atoms with Gasteiger partial charge in [0.2, 0.25) is 5.91 Å². The van der Waals surface area contributed by atoms with E-state index in [9.17, 15) is 14.4 Å². The summed E-state index contributed by atoms with van der Waals surface area (Å²) in [7, 11) is 0. The van der Waals surface area contributed by atoms with E-state index in [0.29, 0.717) is 22.4 Å². The monoisotopic (exact) mass is 385 g/mol. The molecule has 3 aromatic rings. The van der Waals surface area contributed by atoms with Gasteiger partial charge in [-0.1, -0.05) is 18.2 Å². The number of ether oxygens (including phenoxy) is 1. The molecule has 1 amide bonds. The van der Waals surface area contributed by atoms with E-state index in [1.807, 2.05) is 6.07 Å². The highest BCUT2D eigenvalue weighted by Crippen LogP contribution is 2.16. The van der Waals surface area contributed by atoms with Gasteiger partial charge >= 0.3 is 5.69 Å². The van der Waals surface area contributed by atoms with Crippen LogP contribution in [-0.2, 0) is 16.1 Å². The smallest absolute Gasteiger partial charge is 0.336 e. The molecule has 1 aromatic carbocycles. The number of nitrogens with one attached hydrogen (secondary N) is 1. The molecule has 3 heterocycles. The summed E-state index contributed by atoms with van der Waals surface area (Å²) in [6.07, 6.45) is 1.95. The van der Waals surface area contributed by atoms with Crippen molar-refractivity contribution in [1.29, 1.82) is 0 Å². The van der Waals surface area contributed by atoms with Crippen molar-refractivity contribution < 1.29 is 9.53 Å². The summed E-state index contributed by atoms with van der Waals surface area (Å²) in [5.41, 5.74) is 0.0716. The molecule has 1 atom stereocenters. The predicted molar refractivity (Wildman–Crippen MR) is 104 cm³/mol. The standard InChI is InChI=1S/C19H19N3O4S/c23-16(20-11-14-7-4-9-26-14)12-21-15-8-10-27-17(15)18(24)22(19(21)25)13-5-2-1-3-6-13/h1-3,5-6,8,10,14H,4,7,9,11-12H2,(H,20,23)/t14-/m1/s1. The van der Waals surface area contributed by atoms with Crippen LogP contribution in [0.3, 0.4) is 0 Å². The first-order valence-electron chi connectivity index (χ1n) is 8.82. The third-order valence-electron chi connectivity index (χ3n) is 4.62. The van der Waals surface area contributed by atoms with Crippen LogP contribution < -0.4 is 16.6 Å². The summed E-state index contributed by atoms with van der Waals surface area (Å²) < 4.78 is 8.42. The van der Waals surface area contributed by atoms with Crippen molar-refractivity contribution in [3.8, 4) is 5.69 Å². The van der Waals surface area contributed by atoms with Crippen LogP contribution in [0.4, 0.5) is 0 Å². The minimum atomic E-state index is -0.524. The second-order valence-electron chi connectivity index (χ2n) is 6.42. The minimum Gasteiger partial charge on any atom is -0.376 e. The van der Waals surface area contributed by atoms with Crippen molar-refractivity contribution in [3.63, 3.8) is 0 Å². The Morgan fingerprint density at radius 3 is 2.78 bits per heavy atom. The number of benzene rings is 1. The number of fused-ring (bicyclic) bond motifs is 1. The lowest BCUT2D eigenvalue weighted by Gasteiger charge is -2.14. The largest absolute Gasteiger partial charge is 0.376 e. The molecule has 4 rings (SSSR count). The van der Waals surface area contributed by atoms with E-state index < -0.39 is 5.69 Å². The lowest BCUT2D eigenvalue weighted by Crippen LogP contribution is -2.42. The number of carbonyl (C=O) groups excluding carboxylic acids is 1. The van der Waals surface area contributed by atoms with Gasteiger partial charge < -0.3 is 10.1 Å². The molecule has 2 aromatic heterocycles. The molecule has 1 fully saturated rings. The average molecular weight is 385 g/mol. The number of amides is 1. The van der Waals surface area contributed by atoms with Crippen molar-refractivity contribution in [3.05, 3.63) is 62.6 Å². The molecule has 0 spiro atoms. The number of thiophene rings is 1. The molecule has 0 bridgehead atoms. The zero-order valence-electron chi connectivity index (χ0n) is 14.6. The van der Waals surface area contributed by atoms with Gasteiger partial charge in [-0.15, -0.1) is 11.3 Å². The Morgan fingerprint density at radius 2 is 2.04 bits per heavy atom. The molecule has 1 N–H and O–H groups in total. The molecular weight excluding hydrogens is 366 g/mol. The molecule has 1 saturated heterocycles. The normalized spacial score (nSPS) is 16.7. The van der Waals surface area contributed by atoms with E-state index in [-0.39, 0.29) is 24.1 Å². The number of aromatic nitrogens is 2. The van der Waals surface area contributed by atoms with E-state index in [1.54, 1.807) is 35.7 Å². The lowest BCUT2D eigenvalue weighted by molar-refractivity contribution is -0.122. The van der Waals surface area contributed by atoms with Crippen LogP contribution >= 0.6 is 11.3 Å². The fourth-order valence-electron chi connectivity index (χ4n) is 3.28. The molecule has 140 valence electrons. The van der Waals surface area contributed by atoms with Gasteiger partial charge in [-0.2, -0.15) is 0 Å². The van der Waals surface area contributed by atoms with Crippen LogP contribution in [0, 0.1) is 0 Å². The summed E-state index contributed by atoms with van der Waals surface area (Å²) in [4.78, 5) is 38.2. The fraction of sp³-hybridized carbons (Fsp3) is 0.316. The van der Waals surface area contributed by atoms with Gasteiger partial charge in [-0.25, -0.2) is 9.36 Å². The van der Waals surface area contributed by atoms with Crippen molar-refractivity contribution >= 4 is 27.5 Å². The van der Waals surface area contributed by atoms with Gasteiger partial charge in [0.1, 0.15) is 11.2 Å². The Hall–Kier alpha value is -2.71. The van der Waals surface area contributed by atoms with E-state index in [4.69, 9.17) is 4.74 Å². The Bertz CT molecular complexity index is 1080. The third-order valence-corrected chi connectivity index (χ3v) is 5.51. The van der Waals surface area contributed by atoms with E-state index in [2.05, 4.69) is 5.32 Å². The summed E-state index contributed by atoms with van der Waals surface area (Å²) in [5.74, 6) is -0.279. The van der Waals surface area contributed by atoms with Crippen molar-refractivity contribution in [1.82, 2.24) is 14.5 Å². The van der Waals surface area contributed by atoms with Crippen LogP contribution in [-0.4, -0.2) is 34.3 Å². The molecule has 0 radical (unpaired) electrons. The van der Waals surface area contributed by atoms with Gasteiger partial charge in [0.25, 0.3) is 5.56 Å². The summed E-state index contributed by atoms with van der Waals surface area (Å²) >= 11 is 1.26. The number of hydrogen-bond acceptors (Lipinski definition) is 5. The SMILES string of the molecule is O=C(Cn1c(=O)n(-c2ccccc2)c(=O)c2sccc21)NC[C@H]1CCCO1. The molecule has 1 aliphatic rings. The molecule has 8 heteroatoms. The average Bonchev–Trinajstić information content (AvgIpc) is 3.36. The third kappa shape index (κ3) is 3.45. The van der Waals surface area contributed by atoms with Gasteiger partial charge in [-0.05, 0) is 36.4 Å². The summed E-state index contributed by atoms with van der Waals surface area (Å²) in [5, 5.41) is 4.57. The minimum absolute atomic E-state index is 0.0325. The number of carbonyl (C=O) groups is 1. The lowest BCUT2D eigenvalue weighted by atomic mass is 10.2. The van der Waals surface area contributed by atoms with Crippen molar-refractivity contribution in [2.75, 3.05) is 13.2 Å². The molecular formula is C19H19N3O4S. The van der Waals surface area contributed by atoms with E-state index >= 15 is 0 Å². The maximum Gasteiger partial charge on any atom is 0.336 e. The number of nitrogens with zero attached hydrogens (tertiary/aromatic N) is 2. The zero-order chi connectivity index (χ0) is 18.8. The highest BCUT2D eigenvalue weighted by Gasteiger charge is 2.19. The highest BCUT2D eigenvalue weighted by atomic mass is 32.1. The number of para-hydroxylation sites is 1. The van der Waals surface area contributed by atoms with Gasteiger partial charge in [0, 0.05) is 13.2 Å². The molecule has 27 heavy (non-hydrogen) atoms. The topological polar surface area (TPSA) is 82.3 Å². The van der Waals surface area contributed by atoms with Crippen LogP contribution in [0.1, 0.15) is 12.8 Å². The Kier molecular flexibility index (Phi) is 4.91. The first-order chi connectivity index (χ1) is 13.1. The van der Waals surface area contributed by atoms with Crippen molar-refractivity contribution in [2.24, 2.45) is 0 Å². The van der Waals surface area contributed by atoms with Crippen LogP contribution in [0.15, 0.2) is 51.4 Å². The second kappa shape index (κ2) is 7.50. The van der Waals surface area contributed by atoms with Crippen LogP contribution in [0.5, 0.6) is 0 Å². The van der Waals surface area contributed by atoms with Gasteiger partial charge in [-0.3, -0.25) is 14.2 Å². The van der Waals surface area contributed by atoms with Crippen LogP contribution in [0.2, 0.25) is 0 Å². The van der Waals surface area contributed by atoms with E-state index in [1.165, 1.54) is 15.9 Å². The molecule has 7 nitrogen and oxygen atoms in total. The zero-order valence-corrected chi connectivity index (χ0v) is 15.4. The maximum absolute atomic E-state index is 13.0. The molecule has 0 saturated carbocycles. The van der Waals surface area contributed by atoms with Gasteiger partial charge in [0.15, 0.2) is 0 Å². The first kappa shape index (κ1) is 17.7. The summed E-state index contributed by atoms with van der Waals surface area (Å²) in [6.45, 7) is 1.00. The molecule has 0 unspecified atom stereocenters. The predicted octanol–water partition coefficient (Wildman–Crippen LogP) is 1.51. The van der Waals surface area contributed by atoms with E-state index in [0.717, 1.165) is 24.0 Å². The Labute approximate surface area is 158 Å². The van der Waals surface area contributed by atoms with Gasteiger partial charge in [0.05, 0.1) is 17.3 Å². The Balaban J connectivity index is 1.69. The second-order valence-corrected chi connectivity index (χ2v) is 7.34. The maximum atomic E-state index is 13.0. The first-order valence-corrected chi connectivity index (χ1v) is 9.70. The quantitative estimate of drug-likeness (QED) is 0.722. The Morgan fingerprint density at radius 1 is 1.22 bits per heavy atom. The van der Waals surface area contributed by atoms with Crippen molar-refractivity contribution in [2.45, 2.75) is 25.5 Å².